The standard InChI is InChI=1S/C59H94N14O19S/c1-30(2)24-38(53(86)65-35(49(62)82)20-23-93-7)64-43(75)28-63-58(91)47(31(3)4)71-55(88)39(25-33-14-9-8-10-15-33)68-52(85)37(18-19-44(76)77)66-54(87)40(27-46(80)81)69-56(89)41(29-74)70-51(84)36(16-11-12-21-60)67-57(90)42-17-13-22-73(42)59(92)48(32(5)6)72-50(83)34(61)26-45(78)79/h8-10,14-15,30-32,34-42,47-48,74H,11-13,16-29,60-61H2,1-7H3,(H2,62,82)(H,63,91)(H,64,75)(H,65,86)(H,66,87)(H,67,90)(H,68,85)(H,69,89)(H,70,84)(H,71,88)(H,72,83)(H,76,77)(H,78,79)(H,80,81)/t34-,35-,36-,37-,38-,39-,40-,41-,42-,47-,48-/m0/s1. The van der Waals surface area contributed by atoms with Gasteiger partial charge in [-0.1, -0.05) is 71.9 Å². The van der Waals surface area contributed by atoms with Gasteiger partial charge in [0.25, 0.3) is 0 Å². The molecule has 0 radical (unpaired) electrons. The minimum Gasteiger partial charge on any atom is -0.481 e. The highest BCUT2D eigenvalue weighted by Gasteiger charge is 2.41. The van der Waals surface area contributed by atoms with Crippen molar-refractivity contribution < 1.29 is 92.3 Å². The number of carboxylic acids is 3. The predicted octanol–water partition coefficient (Wildman–Crippen LogP) is -4.44. The molecule has 0 aliphatic carbocycles. The molecule has 0 bridgehead atoms. The summed E-state index contributed by atoms with van der Waals surface area (Å²) in [6.45, 7) is 8.30. The van der Waals surface area contributed by atoms with Crippen LogP contribution in [0.3, 0.4) is 0 Å². The first kappa shape index (κ1) is 80.6. The molecule has 1 heterocycles. The number of nitrogens with one attached hydrogen (secondary N) is 10. The average molecular weight is 1340 g/mol. The topological polar surface area (TPSA) is 539 Å². The first-order valence-electron chi connectivity index (χ1n) is 30.6. The molecule has 1 fully saturated rings. The van der Waals surface area contributed by atoms with Crippen LogP contribution in [0, 0.1) is 17.8 Å². The van der Waals surface area contributed by atoms with E-state index in [1.165, 1.54) is 16.7 Å². The summed E-state index contributed by atoms with van der Waals surface area (Å²) < 4.78 is 0. The minimum absolute atomic E-state index is 0.0524. The summed E-state index contributed by atoms with van der Waals surface area (Å²) in [7, 11) is 0. The number of thioether (sulfide) groups is 1. The number of carbonyl (C=O) groups excluding carboxylic acids is 12. The number of primary amides is 1. The molecule has 34 heteroatoms. The number of aliphatic carboxylic acids is 3. The van der Waals surface area contributed by atoms with Crippen molar-refractivity contribution in [2.75, 3.05) is 38.2 Å². The smallest absolute Gasteiger partial charge is 0.305 e. The van der Waals surface area contributed by atoms with Crippen LogP contribution in [0.4, 0.5) is 0 Å². The maximum Gasteiger partial charge on any atom is 0.305 e. The molecule has 1 aliphatic rings. The van der Waals surface area contributed by atoms with E-state index in [1.807, 2.05) is 6.26 Å². The highest BCUT2D eigenvalue weighted by Crippen LogP contribution is 2.22. The van der Waals surface area contributed by atoms with E-state index in [0.717, 1.165) is 0 Å². The van der Waals surface area contributed by atoms with Gasteiger partial charge >= 0.3 is 17.9 Å². The molecule has 1 aliphatic heterocycles. The van der Waals surface area contributed by atoms with Gasteiger partial charge in [0.15, 0.2) is 0 Å². The van der Waals surface area contributed by atoms with Gasteiger partial charge in [-0.15, -0.1) is 0 Å². The van der Waals surface area contributed by atoms with Crippen molar-refractivity contribution in [1.29, 1.82) is 0 Å². The zero-order chi connectivity index (χ0) is 70.2. The van der Waals surface area contributed by atoms with E-state index in [2.05, 4.69) is 53.2 Å². The summed E-state index contributed by atoms with van der Waals surface area (Å²) in [5.41, 5.74) is 17.4. The molecule has 1 aromatic rings. The molecule has 2 rings (SSSR count). The Labute approximate surface area is 543 Å². The third-order valence-corrected chi connectivity index (χ3v) is 15.3. The van der Waals surface area contributed by atoms with Crippen molar-refractivity contribution >= 4 is 101 Å². The van der Waals surface area contributed by atoms with E-state index < -0.39 is 206 Å². The number of aliphatic hydroxyl groups excluding tert-OH is 1. The number of unbranched alkanes of at least 4 members (excludes halogenated alkanes) is 1. The Morgan fingerprint density at radius 1 is 0.581 bits per heavy atom. The molecule has 1 aromatic carbocycles. The quantitative estimate of drug-likeness (QED) is 0.0274. The fourth-order valence-corrected chi connectivity index (χ4v) is 10.1. The average Bonchev–Trinajstić information content (AvgIpc) is 1.78. The molecule has 33 nitrogen and oxygen atoms in total. The summed E-state index contributed by atoms with van der Waals surface area (Å²) in [6, 6.07) is -8.29. The van der Waals surface area contributed by atoms with E-state index in [0.29, 0.717) is 24.2 Å². The lowest BCUT2D eigenvalue weighted by molar-refractivity contribution is -0.144. The van der Waals surface area contributed by atoms with E-state index in [1.54, 1.807) is 71.9 Å². The van der Waals surface area contributed by atoms with Crippen LogP contribution in [-0.4, -0.2) is 219 Å². The van der Waals surface area contributed by atoms with Crippen molar-refractivity contribution in [2.45, 2.75) is 185 Å². The van der Waals surface area contributed by atoms with Crippen LogP contribution in [0.2, 0.25) is 0 Å². The second kappa shape index (κ2) is 41.2. The second-order valence-electron chi connectivity index (χ2n) is 23.6. The van der Waals surface area contributed by atoms with Crippen molar-refractivity contribution in [2.24, 2.45) is 35.0 Å². The lowest BCUT2D eigenvalue weighted by Crippen LogP contribution is -2.61. The summed E-state index contributed by atoms with van der Waals surface area (Å²) >= 11 is 1.43. The number of hydrogen-bond donors (Lipinski definition) is 17. The number of carbonyl (C=O) groups is 15. The molecule has 93 heavy (non-hydrogen) atoms. The molecule has 0 aromatic heterocycles. The first-order chi connectivity index (χ1) is 43.7. The Hall–Kier alpha value is -8.50. The molecule has 520 valence electrons. The van der Waals surface area contributed by atoms with Crippen LogP contribution >= 0.6 is 11.8 Å². The van der Waals surface area contributed by atoms with Gasteiger partial charge in [-0.3, -0.25) is 71.9 Å². The largest absolute Gasteiger partial charge is 0.481 e. The number of amides is 12. The van der Waals surface area contributed by atoms with Gasteiger partial charge in [-0.2, -0.15) is 11.8 Å². The van der Waals surface area contributed by atoms with Gasteiger partial charge in [-0.05, 0) is 93.2 Å². The molecule has 0 spiro atoms. The Kier molecular flexibility index (Phi) is 35.7. The number of nitrogens with zero attached hydrogens (tertiary/aromatic N) is 1. The summed E-state index contributed by atoms with van der Waals surface area (Å²) in [5.74, 6) is -16.8. The number of hydrogen-bond acceptors (Lipinski definition) is 19. The SMILES string of the molecule is CSCC[C@H](NC(=O)[C@H](CC(C)C)NC(=O)CNC(=O)[C@@H](NC(=O)[C@H](Cc1ccccc1)NC(=O)[C@H](CCC(=O)O)NC(=O)[C@H](CC(=O)O)NC(=O)[C@H](CO)NC(=O)[C@H](CCCCN)NC(=O)[C@@H]1CCCN1C(=O)[C@@H](NC(=O)[C@@H](N)CC(=O)O)C(C)C)C(C)C)C(N)=O. The number of benzene rings is 1. The Bertz CT molecular complexity index is 2760. The van der Waals surface area contributed by atoms with Gasteiger partial charge in [0.05, 0.1) is 32.0 Å². The highest BCUT2D eigenvalue weighted by atomic mass is 32.2. The van der Waals surface area contributed by atoms with Crippen molar-refractivity contribution in [3.8, 4) is 0 Å². The predicted molar refractivity (Wildman–Crippen MR) is 336 cm³/mol. The van der Waals surface area contributed by atoms with Crippen LogP contribution in [0.15, 0.2) is 30.3 Å². The third kappa shape index (κ3) is 28.9. The fourth-order valence-electron chi connectivity index (χ4n) is 9.64. The van der Waals surface area contributed by atoms with Gasteiger partial charge in [0, 0.05) is 19.4 Å². The Morgan fingerprint density at radius 2 is 1.11 bits per heavy atom. The van der Waals surface area contributed by atoms with Gasteiger partial charge in [0.1, 0.15) is 60.4 Å². The molecule has 20 N–H and O–H groups in total. The zero-order valence-electron chi connectivity index (χ0n) is 53.5. The molecule has 11 atom stereocenters. The van der Waals surface area contributed by atoms with Crippen molar-refractivity contribution in [1.82, 2.24) is 58.1 Å². The summed E-state index contributed by atoms with van der Waals surface area (Å²) in [5, 5.41) is 63.3. The van der Waals surface area contributed by atoms with Crippen molar-refractivity contribution in [3.05, 3.63) is 35.9 Å². The molecule has 0 unspecified atom stereocenters. The van der Waals surface area contributed by atoms with Crippen LogP contribution in [0.25, 0.3) is 0 Å². The van der Waals surface area contributed by atoms with E-state index in [-0.39, 0.29) is 57.5 Å². The van der Waals surface area contributed by atoms with E-state index in [4.69, 9.17) is 22.3 Å². The zero-order valence-corrected chi connectivity index (χ0v) is 54.3. The maximum atomic E-state index is 14.3. The maximum absolute atomic E-state index is 14.3. The number of likely N-dealkylation sites (tertiary alicyclic amines) is 1. The molecule has 1 saturated heterocycles. The molecular formula is C59H94N14O19S. The van der Waals surface area contributed by atoms with Gasteiger partial charge < -0.3 is 95.7 Å². The van der Waals surface area contributed by atoms with Crippen LogP contribution in [0.5, 0.6) is 0 Å². The third-order valence-electron chi connectivity index (χ3n) is 14.7. The fraction of sp³-hybridized carbons (Fsp3) is 0.644. The Morgan fingerprint density at radius 3 is 1.66 bits per heavy atom. The second-order valence-corrected chi connectivity index (χ2v) is 24.5. The van der Waals surface area contributed by atoms with Gasteiger partial charge in [0.2, 0.25) is 70.9 Å². The molecule has 0 saturated carbocycles. The van der Waals surface area contributed by atoms with Crippen molar-refractivity contribution in [3.63, 3.8) is 0 Å². The normalized spacial score (nSPS) is 16.1. The van der Waals surface area contributed by atoms with Crippen LogP contribution < -0.4 is 70.4 Å². The number of rotatable bonds is 43. The molecule has 12 amide bonds. The van der Waals surface area contributed by atoms with E-state index >= 15 is 0 Å². The van der Waals surface area contributed by atoms with Crippen LogP contribution in [-0.2, 0) is 78.3 Å². The molecular weight excluding hydrogens is 1240 g/mol. The lowest BCUT2D eigenvalue weighted by atomic mass is 10.00. The minimum atomic E-state index is -2.10. The lowest BCUT2D eigenvalue weighted by Gasteiger charge is -2.32. The van der Waals surface area contributed by atoms with Crippen LogP contribution in [0.1, 0.15) is 118 Å². The number of aliphatic hydroxyl groups is 1. The number of carboxylic acid groups (broad SMARTS) is 3. The Balaban J connectivity index is 2.38. The monoisotopic (exact) mass is 1330 g/mol. The summed E-state index contributed by atoms with van der Waals surface area (Å²) in [4.78, 5) is 200. The highest BCUT2D eigenvalue weighted by molar-refractivity contribution is 7.98. The number of nitrogens with two attached hydrogens (primary N) is 3. The first-order valence-corrected chi connectivity index (χ1v) is 32.0. The van der Waals surface area contributed by atoms with E-state index in [9.17, 15) is 87.2 Å². The summed E-state index contributed by atoms with van der Waals surface area (Å²) in [6.07, 6.45) is -0.539. The van der Waals surface area contributed by atoms with Gasteiger partial charge in [-0.25, -0.2) is 0 Å².